The zero-order valence-corrected chi connectivity index (χ0v) is 16.3. The maximum absolute atomic E-state index is 13.0. The van der Waals surface area contributed by atoms with Gasteiger partial charge in [0, 0.05) is 19.6 Å². The Labute approximate surface area is 160 Å². The van der Waals surface area contributed by atoms with Gasteiger partial charge in [-0.05, 0) is 51.2 Å². The topological polar surface area (TPSA) is 95.0 Å². The van der Waals surface area contributed by atoms with Crippen LogP contribution in [0.4, 0.5) is 0 Å². The van der Waals surface area contributed by atoms with Crippen molar-refractivity contribution in [2.75, 3.05) is 19.6 Å². The summed E-state index contributed by atoms with van der Waals surface area (Å²) in [7, 11) is -3.66. The van der Waals surface area contributed by atoms with Crippen molar-refractivity contribution < 1.29 is 23.1 Å². The maximum Gasteiger partial charge on any atom is 0.326 e. The van der Waals surface area contributed by atoms with Gasteiger partial charge in [0.15, 0.2) is 0 Å². The second-order valence-electron chi connectivity index (χ2n) is 7.40. The highest BCUT2D eigenvalue weighted by Gasteiger charge is 2.39. The number of sulfonamides is 1. The van der Waals surface area contributed by atoms with E-state index in [4.69, 9.17) is 0 Å². The molecule has 2 aliphatic heterocycles. The summed E-state index contributed by atoms with van der Waals surface area (Å²) >= 11 is 0. The molecule has 2 atom stereocenters. The summed E-state index contributed by atoms with van der Waals surface area (Å²) in [6.45, 7) is 2.81. The summed E-state index contributed by atoms with van der Waals surface area (Å²) in [5, 5.41) is 9.41. The van der Waals surface area contributed by atoms with Gasteiger partial charge in [0.25, 0.3) is 0 Å². The predicted molar refractivity (Wildman–Crippen MR) is 99.6 cm³/mol. The Kier molecular flexibility index (Phi) is 5.86. The Bertz CT molecular complexity index is 806. The largest absolute Gasteiger partial charge is 0.480 e. The maximum atomic E-state index is 13.0. The molecule has 2 aliphatic rings. The lowest BCUT2D eigenvalue weighted by atomic mass is 9.94. The molecule has 1 unspecified atom stereocenters. The van der Waals surface area contributed by atoms with E-state index in [1.165, 1.54) is 9.21 Å². The van der Waals surface area contributed by atoms with Gasteiger partial charge in [0.1, 0.15) is 6.04 Å². The number of hydrogen-bond acceptors (Lipinski definition) is 4. The zero-order valence-electron chi connectivity index (χ0n) is 15.5. The summed E-state index contributed by atoms with van der Waals surface area (Å²) in [5.41, 5.74) is 0.977. The summed E-state index contributed by atoms with van der Waals surface area (Å²) in [5.74, 6) is -1.70. The van der Waals surface area contributed by atoms with E-state index in [2.05, 4.69) is 0 Å². The van der Waals surface area contributed by atoms with Crippen molar-refractivity contribution in [2.24, 2.45) is 5.92 Å². The summed E-state index contributed by atoms with van der Waals surface area (Å²) < 4.78 is 27.2. The third kappa shape index (κ3) is 4.16. The predicted octanol–water partition coefficient (Wildman–Crippen LogP) is 1.86. The lowest BCUT2D eigenvalue weighted by Gasteiger charge is -2.38. The summed E-state index contributed by atoms with van der Waals surface area (Å²) in [6.07, 6.45) is 3.21. The number of aliphatic carboxylic acids is 1. The van der Waals surface area contributed by atoms with Crippen LogP contribution in [-0.2, 0) is 19.6 Å². The van der Waals surface area contributed by atoms with Crippen molar-refractivity contribution >= 4 is 21.9 Å². The number of hydrogen-bond donors (Lipinski definition) is 1. The molecule has 27 heavy (non-hydrogen) atoms. The molecule has 0 aliphatic carbocycles. The van der Waals surface area contributed by atoms with Gasteiger partial charge in [-0.25, -0.2) is 13.2 Å². The number of carbonyl (C=O) groups is 2. The highest BCUT2D eigenvalue weighted by Crippen LogP contribution is 2.27. The van der Waals surface area contributed by atoms with Crippen molar-refractivity contribution in [3.05, 3.63) is 29.8 Å². The second-order valence-corrected chi connectivity index (χ2v) is 9.33. The van der Waals surface area contributed by atoms with Crippen LogP contribution in [0.15, 0.2) is 29.2 Å². The highest BCUT2D eigenvalue weighted by atomic mass is 32.2. The molecule has 2 saturated heterocycles. The van der Waals surface area contributed by atoms with Crippen LogP contribution in [0.1, 0.15) is 37.7 Å². The molecule has 0 spiro atoms. The van der Waals surface area contributed by atoms with Crippen molar-refractivity contribution in [2.45, 2.75) is 50.0 Å². The van der Waals surface area contributed by atoms with E-state index in [0.29, 0.717) is 32.4 Å². The fourth-order valence-electron chi connectivity index (χ4n) is 3.91. The number of likely N-dealkylation sites (tertiary alicyclic amines) is 1. The van der Waals surface area contributed by atoms with Gasteiger partial charge in [-0.1, -0.05) is 17.7 Å². The fraction of sp³-hybridized carbons (Fsp3) is 0.579. The third-order valence-electron chi connectivity index (χ3n) is 5.46. The van der Waals surface area contributed by atoms with Gasteiger partial charge >= 0.3 is 5.97 Å². The number of aryl methyl sites for hydroxylation is 1. The molecule has 1 aromatic carbocycles. The fourth-order valence-corrected chi connectivity index (χ4v) is 5.43. The molecule has 0 saturated carbocycles. The molecule has 7 nitrogen and oxygen atoms in total. The SMILES string of the molecule is Cc1ccc(S(=O)(=O)N2CCCC(C(=O)N3CCCC[C@@H]3C(=O)O)C2)cc1. The lowest BCUT2D eigenvalue weighted by Crippen LogP contribution is -2.53. The van der Waals surface area contributed by atoms with Crippen LogP contribution < -0.4 is 0 Å². The molecular formula is C19H26N2O5S. The minimum absolute atomic E-state index is 0.109. The number of carbonyl (C=O) groups excluding carboxylic acids is 1. The lowest BCUT2D eigenvalue weighted by molar-refractivity contribution is -0.154. The van der Waals surface area contributed by atoms with Crippen LogP contribution in [0, 0.1) is 12.8 Å². The average Bonchev–Trinajstić information content (AvgIpc) is 2.68. The molecule has 0 aromatic heterocycles. The summed E-state index contributed by atoms with van der Waals surface area (Å²) in [6, 6.07) is 5.88. The number of nitrogens with zero attached hydrogens (tertiary/aromatic N) is 2. The Morgan fingerprint density at radius 3 is 2.41 bits per heavy atom. The van der Waals surface area contributed by atoms with E-state index in [0.717, 1.165) is 18.4 Å². The van der Waals surface area contributed by atoms with E-state index < -0.39 is 28.0 Å². The van der Waals surface area contributed by atoms with Crippen LogP contribution >= 0.6 is 0 Å². The Hall–Kier alpha value is -1.93. The first-order valence-electron chi connectivity index (χ1n) is 9.41. The van der Waals surface area contributed by atoms with Gasteiger partial charge in [-0.2, -0.15) is 4.31 Å². The number of carboxylic acids is 1. The number of piperidine rings is 2. The van der Waals surface area contributed by atoms with Gasteiger partial charge in [0.05, 0.1) is 10.8 Å². The molecule has 1 amide bonds. The van der Waals surface area contributed by atoms with Crippen LogP contribution in [-0.4, -0.2) is 60.3 Å². The Morgan fingerprint density at radius 1 is 1.04 bits per heavy atom. The molecule has 8 heteroatoms. The Balaban J connectivity index is 1.76. The smallest absolute Gasteiger partial charge is 0.326 e. The van der Waals surface area contributed by atoms with Crippen molar-refractivity contribution in [3.63, 3.8) is 0 Å². The second kappa shape index (κ2) is 7.98. The number of carboxylic acid groups (broad SMARTS) is 1. The molecule has 2 fully saturated rings. The number of benzene rings is 1. The van der Waals surface area contributed by atoms with Crippen molar-refractivity contribution in [3.8, 4) is 0 Å². The van der Waals surface area contributed by atoms with E-state index in [1.807, 2.05) is 6.92 Å². The van der Waals surface area contributed by atoms with Gasteiger partial charge in [-0.15, -0.1) is 0 Å². The molecule has 3 rings (SSSR count). The molecule has 1 aromatic rings. The first-order chi connectivity index (χ1) is 12.8. The number of rotatable bonds is 4. The van der Waals surface area contributed by atoms with Gasteiger partial charge in [0.2, 0.25) is 15.9 Å². The minimum atomic E-state index is -3.66. The van der Waals surface area contributed by atoms with Crippen LogP contribution in [0.5, 0.6) is 0 Å². The number of amides is 1. The first kappa shape index (κ1) is 19.8. The molecule has 2 heterocycles. The van der Waals surface area contributed by atoms with E-state index in [9.17, 15) is 23.1 Å². The van der Waals surface area contributed by atoms with Crippen LogP contribution in [0.3, 0.4) is 0 Å². The first-order valence-corrected chi connectivity index (χ1v) is 10.8. The molecule has 148 valence electrons. The summed E-state index contributed by atoms with van der Waals surface area (Å²) in [4.78, 5) is 26.1. The highest BCUT2D eigenvalue weighted by molar-refractivity contribution is 7.89. The van der Waals surface area contributed by atoms with Gasteiger partial charge in [-0.3, -0.25) is 4.79 Å². The van der Waals surface area contributed by atoms with E-state index >= 15 is 0 Å². The van der Waals surface area contributed by atoms with Crippen LogP contribution in [0.2, 0.25) is 0 Å². The quantitative estimate of drug-likeness (QED) is 0.841. The normalized spacial score (nSPS) is 24.6. The minimum Gasteiger partial charge on any atom is -0.480 e. The zero-order chi connectivity index (χ0) is 19.6. The van der Waals surface area contributed by atoms with Gasteiger partial charge < -0.3 is 10.0 Å². The standard InChI is InChI=1S/C19H26N2O5S/c1-14-7-9-16(10-8-14)27(25,26)20-11-4-5-15(13-20)18(22)21-12-3-2-6-17(21)19(23)24/h7-10,15,17H,2-6,11-13H2,1H3,(H,23,24)/t15?,17-/m1/s1. The third-order valence-corrected chi connectivity index (χ3v) is 7.34. The monoisotopic (exact) mass is 394 g/mol. The average molecular weight is 394 g/mol. The van der Waals surface area contributed by atoms with Crippen molar-refractivity contribution in [1.29, 1.82) is 0 Å². The Morgan fingerprint density at radius 2 is 1.74 bits per heavy atom. The van der Waals surface area contributed by atoms with E-state index in [1.54, 1.807) is 24.3 Å². The molecule has 0 bridgehead atoms. The molecular weight excluding hydrogens is 368 g/mol. The van der Waals surface area contributed by atoms with Crippen LogP contribution in [0.25, 0.3) is 0 Å². The molecule has 1 N–H and O–H groups in total. The molecule has 0 radical (unpaired) electrons. The van der Waals surface area contributed by atoms with Crippen molar-refractivity contribution in [1.82, 2.24) is 9.21 Å². The van der Waals surface area contributed by atoms with E-state index in [-0.39, 0.29) is 17.3 Å².